The van der Waals surface area contributed by atoms with E-state index in [1.807, 2.05) is 0 Å². The van der Waals surface area contributed by atoms with Gasteiger partial charge in [0.2, 0.25) is 10.0 Å². The van der Waals surface area contributed by atoms with Crippen LogP contribution in [0.3, 0.4) is 0 Å². The summed E-state index contributed by atoms with van der Waals surface area (Å²) >= 11 is 0. The molecule has 1 aromatic rings. The molecule has 0 bridgehead atoms. The summed E-state index contributed by atoms with van der Waals surface area (Å²) in [5.74, 6) is 0. The van der Waals surface area contributed by atoms with Gasteiger partial charge in [-0.25, -0.2) is 13.1 Å². The zero-order valence-electron chi connectivity index (χ0n) is 11.1. The normalized spacial score (nSPS) is 20.2. The molecular formula is C13H20N2O3S. The second-order valence-corrected chi connectivity index (χ2v) is 6.35. The van der Waals surface area contributed by atoms with Gasteiger partial charge in [-0.05, 0) is 37.1 Å². The first-order chi connectivity index (χ1) is 9.12. The van der Waals surface area contributed by atoms with E-state index in [4.69, 9.17) is 4.74 Å². The number of anilines is 1. The largest absolute Gasteiger partial charge is 0.380 e. The highest BCUT2D eigenvalue weighted by atomic mass is 32.2. The topological polar surface area (TPSA) is 67.4 Å². The maximum absolute atomic E-state index is 11.8. The molecule has 2 rings (SSSR count). The number of benzene rings is 1. The first-order valence-electron chi connectivity index (χ1n) is 6.56. The number of hydrogen-bond donors (Lipinski definition) is 2. The van der Waals surface area contributed by atoms with Gasteiger partial charge < -0.3 is 10.1 Å². The van der Waals surface area contributed by atoms with E-state index in [-0.39, 0.29) is 0 Å². The van der Waals surface area contributed by atoms with Crippen LogP contribution >= 0.6 is 0 Å². The lowest BCUT2D eigenvalue weighted by Gasteiger charge is -2.24. The Hall–Kier alpha value is -1.11. The molecule has 1 saturated heterocycles. The molecule has 19 heavy (non-hydrogen) atoms. The first-order valence-corrected chi connectivity index (χ1v) is 8.04. The summed E-state index contributed by atoms with van der Waals surface area (Å²) in [6.45, 7) is 3.69. The highest BCUT2D eigenvalue weighted by molar-refractivity contribution is 7.89. The third kappa shape index (κ3) is 3.92. The Balaban J connectivity index is 2.01. The van der Waals surface area contributed by atoms with Crippen molar-refractivity contribution in [1.82, 2.24) is 4.72 Å². The second-order valence-electron chi connectivity index (χ2n) is 4.58. The predicted molar refractivity (Wildman–Crippen MR) is 74.8 cm³/mol. The average molecular weight is 284 g/mol. The molecule has 0 saturated carbocycles. The fourth-order valence-corrected chi connectivity index (χ4v) is 3.14. The zero-order valence-corrected chi connectivity index (χ0v) is 11.9. The maximum atomic E-state index is 11.8. The third-order valence-corrected chi connectivity index (χ3v) is 4.59. The lowest BCUT2D eigenvalue weighted by molar-refractivity contribution is 0.0876. The summed E-state index contributed by atoms with van der Waals surface area (Å²) < 4.78 is 31.4. The molecule has 6 heteroatoms. The number of sulfonamides is 1. The molecule has 2 N–H and O–H groups in total. The molecule has 1 atom stereocenters. The Morgan fingerprint density at radius 1 is 1.32 bits per heavy atom. The van der Waals surface area contributed by atoms with Crippen LogP contribution in [0.25, 0.3) is 0 Å². The third-order valence-electron chi connectivity index (χ3n) is 3.03. The average Bonchev–Trinajstić information content (AvgIpc) is 2.40. The minimum Gasteiger partial charge on any atom is -0.380 e. The van der Waals surface area contributed by atoms with Gasteiger partial charge in [0.25, 0.3) is 0 Å². The standard InChI is InChI=1S/C13H20N2O3S/c1-2-14-19(16,17)13-7-5-11(6-8-13)15-12-4-3-9-18-10-12/h5-8,12,14-15H,2-4,9-10H2,1H3. The SMILES string of the molecule is CCNS(=O)(=O)c1ccc(NC2CCCOC2)cc1. The van der Waals surface area contributed by atoms with E-state index in [1.165, 1.54) is 0 Å². The van der Waals surface area contributed by atoms with Crippen LogP contribution in [0.2, 0.25) is 0 Å². The highest BCUT2D eigenvalue weighted by Crippen LogP contribution is 2.17. The van der Waals surface area contributed by atoms with Crippen LogP contribution in [0.15, 0.2) is 29.2 Å². The van der Waals surface area contributed by atoms with Crippen molar-refractivity contribution < 1.29 is 13.2 Å². The maximum Gasteiger partial charge on any atom is 0.240 e. The number of rotatable bonds is 5. The van der Waals surface area contributed by atoms with Crippen molar-refractivity contribution in [2.24, 2.45) is 0 Å². The van der Waals surface area contributed by atoms with Crippen LogP contribution in [0, 0.1) is 0 Å². The van der Waals surface area contributed by atoms with E-state index in [0.717, 1.165) is 25.1 Å². The Bertz CT molecular complexity index is 493. The summed E-state index contributed by atoms with van der Waals surface area (Å²) in [7, 11) is -3.36. The van der Waals surface area contributed by atoms with Gasteiger partial charge in [0.1, 0.15) is 0 Å². The Labute approximate surface area is 114 Å². The smallest absolute Gasteiger partial charge is 0.240 e. The molecule has 5 nitrogen and oxygen atoms in total. The summed E-state index contributed by atoms with van der Waals surface area (Å²) in [5, 5.41) is 3.35. The predicted octanol–water partition coefficient (Wildman–Crippen LogP) is 1.58. The molecular weight excluding hydrogens is 264 g/mol. The lowest BCUT2D eigenvalue weighted by atomic mass is 10.1. The van der Waals surface area contributed by atoms with Crippen molar-refractivity contribution in [3.8, 4) is 0 Å². The molecule has 1 aromatic carbocycles. The highest BCUT2D eigenvalue weighted by Gasteiger charge is 2.15. The van der Waals surface area contributed by atoms with Gasteiger partial charge in [0, 0.05) is 24.9 Å². The van der Waals surface area contributed by atoms with Gasteiger partial charge in [-0.3, -0.25) is 0 Å². The Morgan fingerprint density at radius 2 is 2.05 bits per heavy atom. The lowest BCUT2D eigenvalue weighted by Crippen LogP contribution is -2.30. The molecule has 1 fully saturated rings. The van der Waals surface area contributed by atoms with Crippen LogP contribution < -0.4 is 10.0 Å². The summed E-state index contributed by atoms with van der Waals surface area (Å²) in [6, 6.07) is 7.12. The van der Waals surface area contributed by atoms with Gasteiger partial charge >= 0.3 is 0 Å². The van der Waals surface area contributed by atoms with Crippen molar-refractivity contribution in [2.75, 3.05) is 25.1 Å². The Kier molecular flexibility index (Phi) is 4.79. The van der Waals surface area contributed by atoms with Gasteiger partial charge in [0.15, 0.2) is 0 Å². The van der Waals surface area contributed by atoms with E-state index in [1.54, 1.807) is 31.2 Å². The molecule has 1 aliphatic heterocycles. The molecule has 1 unspecified atom stereocenters. The fourth-order valence-electron chi connectivity index (χ4n) is 2.09. The number of hydrogen-bond acceptors (Lipinski definition) is 4. The van der Waals surface area contributed by atoms with Crippen molar-refractivity contribution in [2.45, 2.75) is 30.7 Å². The molecule has 0 aliphatic carbocycles. The monoisotopic (exact) mass is 284 g/mol. The van der Waals surface area contributed by atoms with Crippen LogP contribution in [0.4, 0.5) is 5.69 Å². The number of ether oxygens (including phenoxy) is 1. The second kappa shape index (κ2) is 6.36. The molecule has 1 aliphatic rings. The van der Waals surface area contributed by atoms with E-state index in [9.17, 15) is 8.42 Å². The molecule has 1 heterocycles. The van der Waals surface area contributed by atoms with Crippen molar-refractivity contribution in [3.05, 3.63) is 24.3 Å². The quantitative estimate of drug-likeness (QED) is 0.861. The molecule has 106 valence electrons. The summed E-state index contributed by atoms with van der Waals surface area (Å²) in [6.07, 6.45) is 2.14. The van der Waals surface area contributed by atoms with Crippen molar-refractivity contribution in [3.63, 3.8) is 0 Å². The minimum absolute atomic E-state index is 0.291. The van der Waals surface area contributed by atoms with Crippen LogP contribution in [-0.4, -0.2) is 34.2 Å². The van der Waals surface area contributed by atoms with Gasteiger partial charge in [0.05, 0.1) is 11.5 Å². The summed E-state index contributed by atoms with van der Waals surface area (Å²) in [4.78, 5) is 0.291. The van der Waals surface area contributed by atoms with E-state index < -0.39 is 10.0 Å². The Morgan fingerprint density at radius 3 is 2.63 bits per heavy atom. The van der Waals surface area contributed by atoms with Gasteiger partial charge in [-0.2, -0.15) is 0 Å². The minimum atomic E-state index is -3.36. The molecule has 0 radical (unpaired) electrons. The van der Waals surface area contributed by atoms with E-state index in [0.29, 0.717) is 24.1 Å². The van der Waals surface area contributed by atoms with E-state index >= 15 is 0 Å². The number of nitrogens with one attached hydrogen (secondary N) is 2. The molecule has 0 spiro atoms. The molecule has 0 aromatic heterocycles. The zero-order chi connectivity index (χ0) is 13.7. The van der Waals surface area contributed by atoms with Crippen LogP contribution in [0.1, 0.15) is 19.8 Å². The van der Waals surface area contributed by atoms with Crippen molar-refractivity contribution >= 4 is 15.7 Å². The van der Waals surface area contributed by atoms with E-state index in [2.05, 4.69) is 10.0 Å². The summed E-state index contributed by atoms with van der Waals surface area (Å²) in [5.41, 5.74) is 0.922. The van der Waals surface area contributed by atoms with Crippen LogP contribution in [0.5, 0.6) is 0 Å². The van der Waals surface area contributed by atoms with Crippen LogP contribution in [-0.2, 0) is 14.8 Å². The van der Waals surface area contributed by atoms with Crippen molar-refractivity contribution in [1.29, 1.82) is 0 Å². The fraction of sp³-hybridized carbons (Fsp3) is 0.538. The molecule has 0 amide bonds. The van der Waals surface area contributed by atoms with Gasteiger partial charge in [-0.1, -0.05) is 6.92 Å². The van der Waals surface area contributed by atoms with Gasteiger partial charge in [-0.15, -0.1) is 0 Å². The first kappa shape index (κ1) is 14.3.